The fourth-order valence-electron chi connectivity index (χ4n) is 1.51. The van der Waals surface area contributed by atoms with Crippen molar-refractivity contribution in [3.05, 3.63) is 42.1 Å². The van der Waals surface area contributed by atoms with E-state index in [1.165, 1.54) is 5.57 Å². The summed E-state index contributed by atoms with van der Waals surface area (Å²) in [5.74, 6) is 0. The Kier molecular flexibility index (Phi) is 5.34. The molecule has 0 amide bonds. The predicted molar refractivity (Wildman–Crippen MR) is 72.1 cm³/mol. The first-order valence-electron chi connectivity index (χ1n) is 5.88. The average Bonchev–Trinajstić information content (AvgIpc) is 2.76. The van der Waals surface area contributed by atoms with Crippen molar-refractivity contribution in [2.75, 3.05) is 11.9 Å². The Labute approximate surface area is 98.1 Å². The summed E-state index contributed by atoms with van der Waals surface area (Å²) >= 11 is 0. The molecule has 0 radical (unpaired) electrons. The fourth-order valence-corrected chi connectivity index (χ4v) is 1.51. The second-order valence-electron chi connectivity index (χ2n) is 3.40. The van der Waals surface area contributed by atoms with Gasteiger partial charge in [-0.2, -0.15) is 0 Å². The van der Waals surface area contributed by atoms with Crippen molar-refractivity contribution in [1.29, 1.82) is 0 Å². The summed E-state index contributed by atoms with van der Waals surface area (Å²) in [4.78, 5) is 4.34. The molecule has 1 aliphatic heterocycles. The Morgan fingerprint density at radius 2 is 1.88 bits per heavy atom. The van der Waals surface area contributed by atoms with Gasteiger partial charge in [0.25, 0.3) is 0 Å². The van der Waals surface area contributed by atoms with Gasteiger partial charge < -0.3 is 5.32 Å². The maximum Gasteiger partial charge on any atom is 0.0434 e. The molecule has 2 rings (SSSR count). The lowest BCUT2D eigenvalue weighted by Crippen LogP contribution is -1.95. The fraction of sp³-hybridized carbons (Fsp3) is 0.357. The summed E-state index contributed by atoms with van der Waals surface area (Å²) in [5.41, 5.74) is 3.60. The highest BCUT2D eigenvalue weighted by atomic mass is 14.9. The minimum atomic E-state index is 0.939. The number of nitrogens with one attached hydrogen (secondary N) is 1. The molecule has 0 fully saturated rings. The van der Waals surface area contributed by atoms with Crippen molar-refractivity contribution >= 4 is 11.4 Å². The van der Waals surface area contributed by atoms with Crippen LogP contribution in [-0.4, -0.2) is 12.3 Å². The number of rotatable bonds is 2. The topological polar surface area (TPSA) is 24.4 Å². The van der Waals surface area contributed by atoms with Crippen LogP contribution in [0.1, 0.15) is 27.2 Å². The molecule has 0 saturated heterocycles. The third kappa shape index (κ3) is 3.54. The van der Waals surface area contributed by atoms with E-state index in [4.69, 9.17) is 0 Å². The molecule has 0 aromatic heterocycles. The SMILES string of the molecule is CC.CC1=NCC/C1=C/Nc1ccccc1. The molecule has 16 heavy (non-hydrogen) atoms. The average molecular weight is 216 g/mol. The van der Waals surface area contributed by atoms with Gasteiger partial charge in [-0.1, -0.05) is 32.0 Å². The van der Waals surface area contributed by atoms with Crippen molar-refractivity contribution < 1.29 is 0 Å². The van der Waals surface area contributed by atoms with Crippen LogP contribution in [0.25, 0.3) is 0 Å². The lowest BCUT2D eigenvalue weighted by molar-refractivity contribution is 1.04. The van der Waals surface area contributed by atoms with E-state index >= 15 is 0 Å². The highest BCUT2D eigenvalue weighted by molar-refractivity contribution is 6.00. The van der Waals surface area contributed by atoms with Crippen LogP contribution in [0.4, 0.5) is 5.69 Å². The van der Waals surface area contributed by atoms with Gasteiger partial charge in [-0.05, 0) is 31.1 Å². The van der Waals surface area contributed by atoms with Gasteiger partial charge in [0, 0.05) is 24.1 Å². The van der Waals surface area contributed by atoms with Gasteiger partial charge in [0.15, 0.2) is 0 Å². The molecular formula is C14H20N2. The van der Waals surface area contributed by atoms with Crippen molar-refractivity contribution in [2.45, 2.75) is 27.2 Å². The number of nitrogens with zero attached hydrogens (tertiary/aromatic N) is 1. The number of aliphatic imine (C=N–C) groups is 1. The third-order valence-corrected chi connectivity index (χ3v) is 2.38. The van der Waals surface area contributed by atoms with Crippen LogP contribution in [0.5, 0.6) is 0 Å². The lowest BCUT2D eigenvalue weighted by Gasteiger charge is -2.02. The molecule has 0 aliphatic carbocycles. The Morgan fingerprint density at radius 3 is 2.44 bits per heavy atom. The summed E-state index contributed by atoms with van der Waals surface area (Å²) in [6.07, 6.45) is 3.12. The zero-order valence-electron chi connectivity index (χ0n) is 10.3. The van der Waals surface area contributed by atoms with Gasteiger partial charge in [-0.15, -0.1) is 0 Å². The molecule has 1 aromatic rings. The minimum Gasteiger partial charge on any atom is -0.361 e. The quantitative estimate of drug-likeness (QED) is 0.797. The van der Waals surface area contributed by atoms with Crippen LogP contribution in [-0.2, 0) is 0 Å². The summed E-state index contributed by atoms with van der Waals surface area (Å²) < 4.78 is 0. The molecule has 0 unspecified atom stereocenters. The van der Waals surface area contributed by atoms with Gasteiger partial charge in [0.1, 0.15) is 0 Å². The standard InChI is InChI=1S/C12H14N2.C2H6/c1-10-11(7-8-13-10)9-14-12-5-3-2-4-6-12;1-2/h2-6,9,14H,7-8H2,1H3;1-2H3/b11-9-;. The summed E-state index contributed by atoms with van der Waals surface area (Å²) in [6, 6.07) is 10.2. The predicted octanol–water partition coefficient (Wildman–Crippen LogP) is 3.87. The Morgan fingerprint density at radius 1 is 1.19 bits per heavy atom. The Bertz CT molecular complexity index is 364. The minimum absolute atomic E-state index is 0.939. The second kappa shape index (κ2) is 6.83. The Hall–Kier alpha value is -1.57. The monoisotopic (exact) mass is 216 g/mol. The van der Waals surface area contributed by atoms with Crippen molar-refractivity contribution in [2.24, 2.45) is 4.99 Å². The molecule has 86 valence electrons. The zero-order valence-corrected chi connectivity index (χ0v) is 10.3. The molecule has 1 heterocycles. The molecule has 0 saturated carbocycles. The maximum atomic E-state index is 4.34. The molecule has 2 nitrogen and oxygen atoms in total. The normalized spacial score (nSPS) is 16.4. The van der Waals surface area contributed by atoms with Gasteiger partial charge >= 0.3 is 0 Å². The molecule has 1 aromatic carbocycles. The molecule has 2 heteroatoms. The van der Waals surface area contributed by atoms with E-state index < -0.39 is 0 Å². The molecule has 1 aliphatic rings. The smallest absolute Gasteiger partial charge is 0.0434 e. The van der Waals surface area contributed by atoms with Crippen LogP contribution < -0.4 is 5.32 Å². The van der Waals surface area contributed by atoms with Crippen LogP contribution in [0, 0.1) is 0 Å². The summed E-state index contributed by atoms with van der Waals surface area (Å²) in [6.45, 7) is 7.00. The largest absolute Gasteiger partial charge is 0.361 e. The maximum absolute atomic E-state index is 4.34. The van der Waals surface area contributed by atoms with E-state index in [1.807, 2.05) is 32.0 Å². The molecule has 0 bridgehead atoms. The van der Waals surface area contributed by atoms with E-state index in [1.54, 1.807) is 0 Å². The van der Waals surface area contributed by atoms with E-state index in [2.05, 4.69) is 35.6 Å². The van der Waals surface area contributed by atoms with E-state index in [9.17, 15) is 0 Å². The lowest BCUT2D eigenvalue weighted by atomic mass is 10.2. The van der Waals surface area contributed by atoms with Gasteiger partial charge in [0.2, 0.25) is 0 Å². The number of hydrogen-bond acceptors (Lipinski definition) is 2. The van der Waals surface area contributed by atoms with Crippen molar-refractivity contribution in [3.8, 4) is 0 Å². The summed E-state index contributed by atoms with van der Waals surface area (Å²) in [7, 11) is 0. The van der Waals surface area contributed by atoms with Crippen LogP contribution >= 0.6 is 0 Å². The van der Waals surface area contributed by atoms with Gasteiger partial charge in [0.05, 0.1) is 0 Å². The van der Waals surface area contributed by atoms with Crippen LogP contribution in [0.15, 0.2) is 47.1 Å². The van der Waals surface area contributed by atoms with Crippen LogP contribution in [0.2, 0.25) is 0 Å². The van der Waals surface area contributed by atoms with Crippen molar-refractivity contribution in [3.63, 3.8) is 0 Å². The summed E-state index contributed by atoms with van der Waals surface area (Å²) in [5, 5.41) is 3.27. The zero-order chi connectivity index (χ0) is 11.8. The van der Waals surface area contributed by atoms with E-state index in [0.717, 1.165) is 24.4 Å². The number of para-hydroxylation sites is 1. The van der Waals surface area contributed by atoms with Gasteiger partial charge in [-0.3, -0.25) is 4.99 Å². The van der Waals surface area contributed by atoms with Crippen LogP contribution in [0.3, 0.4) is 0 Å². The third-order valence-electron chi connectivity index (χ3n) is 2.38. The molecular weight excluding hydrogens is 196 g/mol. The highest BCUT2D eigenvalue weighted by Crippen LogP contribution is 2.13. The molecule has 0 spiro atoms. The first-order valence-corrected chi connectivity index (χ1v) is 5.88. The van der Waals surface area contributed by atoms with E-state index in [-0.39, 0.29) is 0 Å². The first-order chi connectivity index (χ1) is 7.86. The number of hydrogen-bond donors (Lipinski definition) is 1. The van der Waals surface area contributed by atoms with Gasteiger partial charge in [-0.25, -0.2) is 0 Å². The Balaban J connectivity index is 0.000000606. The number of anilines is 1. The second-order valence-corrected chi connectivity index (χ2v) is 3.40. The van der Waals surface area contributed by atoms with Crippen molar-refractivity contribution in [1.82, 2.24) is 0 Å². The molecule has 0 atom stereocenters. The molecule has 1 N–H and O–H groups in total. The highest BCUT2D eigenvalue weighted by Gasteiger charge is 2.07. The van der Waals surface area contributed by atoms with E-state index in [0.29, 0.717) is 0 Å². The number of benzene rings is 1. The first kappa shape index (κ1) is 12.5.